The number of ketones is 1. The Morgan fingerprint density at radius 3 is 2.61 bits per heavy atom. The van der Waals surface area contributed by atoms with Crippen LogP contribution in [0.15, 0.2) is 48.5 Å². The fraction of sp³-hybridized carbons (Fsp3) is 0.263. The number of para-hydroxylation sites is 1. The average molecular weight is 324 g/mol. The largest absolute Gasteiger partial charge is 0.398 e. The SMILES string of the molecule is CCCCSC(C#N)c1cccc(C(=O)c2ccccc2)c1N. The van der Waals surface area contributed by atoms with Crippen molar-refractivity contribution in [2.24, 2.45) is 0 Å². The van der Waals surface area contributed by atoms with Gasteiger partial charge in [0.2, 0.25) is 0 Å². The Morgan fingerprint density at radius 1 is 1.22 bits per heavy atom. The molecule has 1 unspecified atom stereocenters. The second-order valence-corrected chi connectivity index (χ2v) is 6.45. The van der Waals surface area contributed by atoms with Gasteiger partial charge in [-0.2, -0.15) is 5.26 Å². The van der Waals surface area contributed by atoms with Gasteiger partial charge in [-0.1, -0.05) is 55.8 Å². The summed E-state index contributed by atoms with van der Waals surface area (Å²) in [5.74, 6) is 0.797. The number of unbranched alkanes of at least 4 members (excludes halogenated alkanes) is 1. The molecule has 3 nitrogen and oxygen atoms in total. The van der Waals surface area contributed by atoms with E-state index in [-0.39, 0.29) is 11.0 Å². The molecule has 0 amide bonds. The van der Waals surface area contributed by atoms with E-state index in [4.69, 9.17) is 5.73 Å². The normalized spacial score (nSPS) is 11.7. The number of carbonyl (C=O) groups is 1. The molecule has 2 aromatic carbocycles. The van der Waals surface area contributed by atoms with Crippen LogP contribution in [-0.2, 0) is 0 Å². The summed E-state index contributed by atoms with van der Waals surface area (Å²) in [6.45, 7) is 2.12. The molecule has 1 atom stereocenters. The van der Waals surface area contributed by atoms with Crippen LogP contribution in [0.3, 0.4) is 0 Å². The van der Waals surface area contributed by atoms with Crippen LogP contribution in [0, 0.1) is 11.3 Å². The topological polar surface area (TPSA) is 66.9 Å². The highest BCUT2D eigenvalue weighted by molar-refractivity contribution is 7.99. The molecule has 0 spiro atoms. The van der Waals surface area contributed by atoms with Gasteiger partial charge in [0.1, 0.15) is 5.25 Å². The molecule has 0 fully saturated rings. The second-order valence-electron chi connectivity index (χ2n) is 5.24. The van der Waals surface area contributed by atoms with Crippen LogP contribution in [0.25, 0.3) is 0 Å². The van der Waals surface area contributed by atoms with Crippen LogP contribution < -0.4 is 5.73 Å². The lowest BCUT2D eigenvalue weighted by molar-refractivity contribution is 0.103. The molecule has 0 heterocycles. The van der Waals surface area contributed by atoms with Crippen molar-refractivity contribution >= 4 is 23.2 Å². The maximum Gasteiger partial charge on any atom is 0.195 e. The van der Waals surface area contributed by atoms with E-state index in [0.717, 1.165) is 24.2 Å². The number of nitrogens with zero attached hydrogens (tertiary/aromatic N) is 1. The number of nitriles is 1. The van der Waals surface area contributed by atoms with Crippen molar-refractivity contribution in [2.75, 3.05) is 11.5 Å². The highest BCUT2D eigenvalue weighted by Crippen LogP contribution is 2.34. The zero-order valence-electron chi connectivity index (χ0n) is 13.2. The highest BCUT2D eigenvalue weighted by atomic mass is 32.2. The van der Waals surface area contributed by atoms with E-state index in [9.17, 15) is 10.1 Å². The van der Waals surface area contributed by atoms with Crippen molar-refractivity contribution in [3.8, 4) is 6.07 Å². The van der Waals surface area contributed by atoms with E-state index in [2.05, 4.69) is 13.0 Å². The zero-order chi connectivity index (χ0) is 16.7. The lowest BCUT2D eigenvalue weighted by atomic mass is 9.98. The summed E-state index contributed by atoms with van der Waals surface area (Å²) in [4.78, 5) is 12.6. The summed E-state index contributed by atoms with van der Waals surface area (Å²) in [5.41, 5.74) is 8.43. The number of rotatable bonds is 7. The fourth-order valence-corrected chi connectivity index (χ4v) is 3.45. The minimum Gasteiger partial charge on any atom is -0.398 e. The number of hydrogen-bond donors (Lipinski definition) is 1. The molecular weight excluding hydrogens is 304 g/mol. The first-order valence-electron chi connectivity index (χ1n) is 7.68. The van der Waals surface area contributed by atoms with Gasteiger partial charge in [0, 0.05) is 22.4 Å². The quantitative estimate of drug-likeness (QED) is 0.459. The second kappa shape index (κ2) is 8.40. The monoisotopic (exact) mass is 324 g/mol. The van der Waals surface area contributed by atoms with Gasteiger partial charge in [-0.15, -0.1) is 11.8 Å². The van der Waals surface area contributed by atoms with E-state index < -0.39 is 0 Å². The maximum absolute atomic E-state index is 12.6. The molecule has 0 aliphatic rings. The Bertz CT molecular complexity index is 707. The van der Waals surface area contributed by atoms with Gasteiger partial charge in [-0.05, 0) is 18.2 Å². The molecule has 0 radical (unpaired) electrons. The van der Waals surface area contributed by atoms with Crippen LogP contribution in [0.5, 0.6) is 0 Å². The molecular formula is C19H20N2OS. The van der Waals surface area contributed by atoms with Crippen LogP contribution in [0.4, 0.5) is 5.69 Å². The first-order valence-corrected chi connectivity index (χ1v) is 8.73. The minimum absolute atomic E-state index is 0.111. The number of nitrogens with two attached hydrogens (primary N) is 1. The lowest BCUT2D eigenvalue weighted by Crippen LogP contribution is -2.09. The van der Waals surface area contributed by atoms with E-state index >= 15 is 0 Å². The van der Waals surface area contributed by atoms with Crippen LogP contribution >= 0.6 is 11.8 Å². The average Bonchev–Trinajstić information content (AvgIpc) is 2.60. The van der Waals surface area contributed by atoms with Crippen molar-refractivity contribution in [3.05, 3.63) is 65.2 Å². The summed E-state index contributed by atoms with van der Waals surface area (Å²) >= 11 is 1.58. The van der Waals surface area contributed by atoms with E-state index in [0.29, 0.717) is 16.8 Å². The van der Waals surface area contributed by atoms with Gasteiger partial charge >= 0.3 is 0 Å². The number of nitrogen functional groups attached to an aromatic ring is 1. The van der Waals surface area contributed by atoms with Crippen LogP contribution in [-0.4, -0.2) is 11.5 Å². The number of anilines is 1. The highest BCUT2D eigenvalue weighted by Gasteiger charge is 2.19. The molecule has 0 aromatic heterocycles. The van der Waals surface area contributed by atoms with E-state index in [1.54, 1.807) is 36.0 Å². The third kappa shape index (κ3) is 4.14. The van der Waals surface area contributed by atoms with Crippen molar-refractivity contribution in [1.29, 1.82) is 5.26 Å². The number of benzene rings is 2. The van der Waals surface area contributed by atoms with Gasteiger partial charge in [-0.3, -0.25) is 4.79 Å². The van der Waals surface area contributed by atoms with Gasteiger partial charge in [-0.25, -0.2) is 0 Å². The van der Waals surface area contributed by atoms with Crippen molar-refractivity contribution in [1.82, 2.24) is 0 Å². The smallest absolute Gasteiger partial charge is 0.195 e. The molecule has 118 valence electrons. The summed E-state index contributed by atoms with van der Waals surface area (Å²) in [6, 6.07) is 16.7. The van der Waals surface area contributed by atoms with Crippen molar-refractivity contribution in [3.63, 3.8) is 0 Å². The summed E-state index contributed by atoms with van der Waals surface area (Å²) in [6.07, 6.45) is 2.15. The molecule has 0 aliphatic carbocycles. The molecule has 2 rings (SSSR count). The van der Waals surface area contributed by atoms with Gasteiger partial charge in [0.05, 0.1) is 6.07 Å². The Morgan fingerprint density at radius 2 is 1.96 bits per heavy atom. The zero-order valence-corrected chi connectivity index (χ0v) is 14.0. The third-order valence-electron chi connectivity index (χ3n) is 3.60. The Kier molecular flexibility index (Phi) is 6.25. The molecule has 4 heteroatoms. The predicted molar refractivity (Wildman–Crippen MR) is 96.4 cm³/mol. The van der Waals surface area contributed by atoms with Gasteiger partial charge in [0.25, 0.3) is 0 Å². The van der Waals surface area contributed by atoms with Crippen LogP contribution in [0.2, 0.25) is 0 Å². The molecule has 0 bridgehead atoms. The van der Waals surface area contributed by atoms with E-state index in [1.165, 1.54) is 0 Å². The van der Waals surface area contributed by atoms with Gasteiger partial charge < -0.3 is 5.73 Å². The predicted octanol–water partition coefficient (Wildman–Crippen LogP) is 4.60. The lowest BCUT2D eigenvalue weighted by Gasteiger charge is -2.14. The summed E-state index contributed by atoms with van der Waals surface area (Å²) in [5, 5.41) is 9.10. The molecule has 2 aromatic rings. The molecule has 0 aliphatic heterocycles. The first-order chi connectivity index (χ1) is 11.2. The summed E-state index contributed by atoms with van der Waals surface area (Å²) < 4.78 is 0. The number of hydrogen-bond acceptors (Lipinski definition) is 4. The first kappa shape index (κ1) is 17.1. The molecule has 23 heavy (non-hydrogen) atoms. The van der Waals surface area contributed by atoms with E-state index in [1.807, 2.05) is 24.3 Å². The Labute approximate surface area is 141 Å². The molecule has 0 saturated carbocycles. The molecule has 2 N–H and O–H groups in total. The van der Waals surface area contributed by atoms with Crippen molar-refractivity contribution in [2.45, 2.75) is 25.0 Å². The number of thioether (sulfide) groups is 1. The Balaban J connectivity index is 2.31. The van der Waals surface area contributed by atoms with Gasteiger partial charge in [0.15, 0.2) is 5.78 Å². The number of carbonyl (C=O) groups excluding carboxylic acids is 1. The summed E-state index contributed by atoms with van der Waals surface area (Å²) in [7, 11) is 0. The minimum atomic E-state index is -0.343. The van der Waals surface area contributed by atoms with Crippen LogP contribution in [0.1, 0.15) is 46.5 Å². The molecule has 0 saturated heterocycles. The van der Waals surface area contributed by atoms with Crippen molar-refractivity contribution < 1.29 is 4.79 Å². The fourth-order valence-electron chi connectivity index (χ4n) is 2.30. The maximum atomic E-state index is 12.6. The Hall–Kier alpha value is -2.25. The third-order valence-corrected chi connectivity index (χ3v) is 4.82. The standard InChI is InChI=1S/C19H20N2OS/c1-2-3-12-23-17(13-20)15-10-7-11-16(18(15)21)19(22)14-8-5-4-6-9-14/h4-11,17H,2-3,12,21H2,1H3.